The molecule has 0 heterocycles. The van der Waals surface area contributed by atoms with Gasteiger partial charge in [0.05, 0.1) is 17.7 Å². The van der Waals surface area contributed by atoms with E-state index in [-0.39, 0.29) is 16.0 Å². The zero-order valence-electron chi connectivity index (χ0n) is 18.7. The van der Waals surface area contributed by atoms with Crippen molar-refractivity contribution in [2.24, 2.45) is 22.2 Å². The van der Waals surface area contributed by atoms with Crippen LogP contribution in [0.25, 0.3) is 0 Å². The third kappa shape index (κ3) is 4.23. The third-order valence-electron chi connectivity index (χ3n) is 7.52. The molecular weight excluding hydrogens is 388 g/mol. The standard InChI is InChI=1S/C26H32N2O3/c1-4-6-25-24-11-9-18-15-21(31-3)10-12-22(18)23(24)13-14-26(25,2)17-27-19-7-5-8-20(16-19)28(29)30/h5,7-8,10,12,15-17,23-25H,4,6,9,11,13-14H2,1-3H3/t23-,24-,25+,26-/m1/s1. The molecule has 1 fully saturated rings. The first-order chi connectivity index (χ1) is 14.9. The fourth-order valence-corrected chi connectivity index (χ4v) is 5.96. The van der Waals surface area contributed by atoms with Gasteiger partial charge in [0.25, 0.3) is 5.69 Å². The summed E-state index contributed by atoms with van der Waals surface area (Å²) in [5, 5.41) is 11.1. The number of benzene rings is 2. The van der Waals surface area contributed by atoms with E-state index in [1.165, 1.54) is 30.0 Å². The Bertz CT molecular complexity index is 986. The van der Waals surface area contributed by atoms with E-state index in [9.17, 15) is 10.1 Å². The van der Waals surface area contributed by atoms with Crippen molar-refractivity contribution in [3.05, 3.63) is 63.7 Å². The second kappa shape index (κ2) is 8.81. The van der Waals surface area contributed by atoms with Crippen LogP contribution in [-0.2, 0) is 6.42 Å². The lowest BCUT2D eigenvalue weighted by Gasteiger charge is -2.50. The van der Waals surface area contributed by atoms with Crippen molar-refractivity contribution in [3.8, 4) is 5.75 Å². The van der Waals surface area contributed by atoms with E-state index in [4.69, 9.17) is 9.73 Å². The van der Waals surface area contributed by atoms with Gasteiger partial charge in [-0.3, -0.25) is 15.1 Å². The topological polar surface area (TPSA) is 64.7 Å². The maximum atomic E-state index is 11.1. The van der Waals surface area contributed by atoms with E-state index < -0.39 is 0 Å². The van der Waals surface area contributed by atoms with E-state index in [0.717, 1.165) is 31.4 Å². The Labute approximate surface area is 184 Å². The molecule has 0 radical (unpaired) electrons. The van der Waals surface area contributed by atoms with Gasteiger partial charge >= 0.3 is 0 Å². The summed E-state index contributed by atoms with van der Waals surface area (Å²) in [4.78, 5) is 15.5. The number of non-ortho nitro benzene ring substituents is 1. The molecule has 0 saturated heterocycles. The molecule has 0 aliphatic heterocycles. The molecule has 31 heavy (non-hydrogen) atoms. The number of aryl methyl sites for hydroxylation is 1. The van der Waals surface area contributed by atoms with Gasteiger partial charge in [0.15, 0.2) is 0 Å². The van der Waals surface area contributed by atoms with E-state index in [2.05, 4.69) is 38.3 Å². The van der Waals surface area contributed by atoms with Crippen LogP contribution in [0.5, 0.6) is 5.75 Å². The second-order valence-electron chi connectivity index (χ2n) is 9.35. The molecule has 1 saturated carbocycles. The Balaban J connectivity index is 1.61. The molecule has 4 rings (SSSR count). The molecule has 0 unspecified atom stereocenters. The van der Waals surface area contributed by atoms with E-state index in [1.807, 2.05) is 6.07 Å². The van der Waals surface area contributed by atoms with Gasteiger partial charge < -0.3 is 4.74 Å². The summed E-state index contributed by atoms with van der Waals surface area (Å²) >= 11 is 0. The lowest BCUT2D eigenvalue weighted by molar-refractivity contribution is -0.384. The molecule has 0 aromatic heterocycles. The van der Waals surface area contributed by atoms with Gasteiger partial charge in [0, 0.05) is 23.8 Å². The number of aliphatic imine (C=N–C) groups is 1. The number of ether oxygens (including phenoxy) is 1. The molecule has 0 bridgehead atoms. The number of methoxy groups -OCH3 is 1. The first kappa shape index (κ1) is 21.5. The van der Waals surface area contributed by atoms with E-state index in [0.29, 0.717) is 23.4 Å². The van der Waals surface area contributed by atoms with Gasteiger partial charge in [-0.15, -0.1) is 0 Å². The number of rotatable bonds is 6. The highest BCUT2D eigenvalue weighted by Gasteiger charge is 2.47. The molecule has 5 heteroatoms. The Morgan fingerprint density at radius 3 is 2.84 bits per heavy atom. The molecule has 164 valence electrons. The van der Waals surface area contributed by atoms with Gasteiger partial charge in [-0.25, -0.2) is 0 Å². The van der Waals surface area contributed by atoms with Gasteiger partial charge in [0.2, 0.25) is 0 Å². The largest absolute Gasteiger partial charge is 0.497 e. The van der Waals surface area contributed by atoms with Crippen LogP contribution < -0.4 is 4.74 Å². The van der Waals surface area contributed by atoms with Gasteiger partial charge in [-0.2, -0.15) is 0 Å². The number of nitro groups is 1. The summed E-state index contributed by atoms with van der Waals surface area (Å²) in [7, 11) is 1.73. The number of fused-ring (bicyclic) bond motifs is 3. The Hall–Kier alpha value is -2.69. The zero-order chi connectivity index (χ0) is 22.0. The van der Waals surface area contributed by atoms with Crippen molar-refractivity contribution >= 4 is 17.6 Å². The van der Waals surface area contributed by atoms with Crippen LogP contribution in [0, 0.1) is 27.4 Å². The summed E-state index contributed by atoms with van der Waals surface area (Å²) in [5.74, 6) is 2.77. The summed E-state index contributed by atoms with van der Waals surface area (Å²) < 4.78 is 5.45. The summed E-state index contributed by atoms with van der Waals surface area (Å²) in [6, 6.07) is 13.2. The third-order valence-corrected chi connectivity index (χ3v) is 7.52. The number of hydrogen-bond donors (Lipinski definition) is 0. The minimum absolute atomic E-state index is 0.00573. The lowest BCUT2D eigenvalue weighted by atomic mass is 9.54. The summed E-state index contributed by atoms with van der Waals surface area (Å²) in [6.07, 6.45) is 8.99. The molecule has 0 amide bonds. The second-order valence-corrected chi connectivity index (χ2v) is 9.35. The van der Waals surface area contributed by atoms with Crippen molar-refractivity contribution in [1.82, 2.24) is 0 Å². The monoisotopic (exact) mass is 420 g/mol. The summed E-state index contributed by atoms with van der Waals surface area (Å²) in [6.45, 7) is 4.61. The number of hydrogen-bond acceptors (Lipinski definition) is 4. The van der Waals surface area contributed by atoms with Crippen LogP contribution in [0.15, 0.2) is 47.5 Å². The van der Waals surface area contributed by atoms with Crippen molar-refractivity contribution < 1.29 is 9.66 Å². The molecule has 2 aromatic carbocycles. The molecule has 4 atom stereocenters. The van der Waals surface area contributed by atoms with Crippen LogP contribution in [-0.4, -0.2) is 18.2 Å². The van der Waals surface area contributed by atoms with Gasteiger partial charge in [0.1, 0.15) is 5.75 Å². The Kier molecular flexibility index (Phi) is 6.12. The highest BCUT2D eigenvalue weighted by atomic mass is 16.6. The molecule has 0 N–H and O–H groups in total. The van der Waals surface area contributed by atoms with Crippen molar-refractivity contribution in [2.45, 2.75) is 58.3 Å². The minimum Gasteiger partial charge on any atom is -0.497 e. The molecule has 2 aliphatic carbocycles. The molecular formula is C26H32N2O3. The molecule has 2 aromatic rings. The Morgan fingerprint density at radius 2 is 2.10 bits per heavy atom. The van der Waals surface area contributed by atoms with Crippen LogP contribution in [0.4, 0.5) is 11.4 Å². The predicted molar refractivity (Wildman–Crippen MR) is 125 cm³/mol. The van der Waals surface area contributed by atoms with Crippen LogP contribution in [0.1, 0.15) is 63.0 Å². The maximum Gasteiger partial charge on any atom is 0.271 e. The normalized spacial score (nSPS) is 27.5. The quantitative estimate of drug-likeness (QED) is 0.291. The molecule has 2 aliphatic rings. The summed E-state index contributed by atoms with van der Waals surface area (Å²) in [5.41, 5.74) is 3.72. The van der Waals surface area contributed by atoms with E-state index in [1.54, 1.807) is 19.2 Å². The average molecular weight is 421 g/mol. The van der Waals surface area contributed by atoms with Crippen LogP contribution in [0.2, 0.25) is 0 Å². The van der Waals surface area contributed by atoms with Crippen molar-refractivity contribution in [1.29, 1.82) is 0 Å². The highest BCUT2D eigenvalue weighted by Crippen LogP contribution is 2.55. The first-order valence-corrected chi connectivity index (χ1v) is 11.4. The van der Waals surface area contributed by atoms with Crippen LogP contribution >= 0.6 is 0 Å². The van der Waals surface area contributed by atoms with Gasteiger partial charge in [-0.1, -0.05) is 32.4 Å². The predicted octanol–water partition coefficient (Wildman–Crippen LogP) is 6.87. The SMILES string of the molecule is CCC[C@H]1[C@@H]2CCc3cc(OC)ccc3[C@H]2CC[C@]1(C)C=Nc1cccc([N+](=O)[O-])c1. The Morgan fingerprint density at radius 1 is 1.26 bits per heavy atom. The molecule has 0 spiro atoms. The molecule has 5 nitrogen and oxygen atoms in total. The lowest BCUT2D eigenvalue weighted by Crippen LogP contribution is -2.43. The van der Waals surface area contributed by atoms with E-state index >= 15 is 0 Å². The first-order valence-electron chi connectivity index (χ1n) is 11.4. The van der Waals surface area contributed by atoms with Crippen molar-refractivity contribution in [2.75, 3.05) is 7.11 Å². The zero-order valence-corrected chi connectivity index (χ0v) is 18.7. The highest BCUT2D eigenvalue weighted by molar-refractivity contribution is 5.71. The van der Waals surface area contributed by atoms with Gasteiger partial charge in [-0.05, 0) is 79.2 Å². The van der Waals surface area contributed by atoms with Crippen LogP contribution in [0.3, 0.4) is 0 Å². The fourth-order valence-electron chi connectivity index (χ4n) is 5.96. The fraction of sp³-hybridized carbons (Fsp3) is 0.500. The number of nitrogens with zero attached hydrogens (tertiary/aromatic N) is 2. The number of nitro benzene ring substituents is 1. The minimum atomic E-state index is -0.361. The maximum absolute atomic E-state index is 11.1. The van der Waals surface area contributed by atoms with Crippen molar-refractivity contribution in [3.63, 3.8) is 0 Å². The smallest absolute Gasteiger partial charge is 0.271 e. The average Bonchev–Trinajstić information content (AvgIpc) is 2.79.